The topological polar surface area (TPSA) is 58.2 Å². The van der Waals surface area contributed by atoms with Crippen LogP contribution in [0.15, 0.2) is 48.5 Å². The fraction of sp³-hybridized carbons (Fsp3) is 0.300. The first kappa shape index (κ1) is 17.5. The Balaban J connectivity index is 1.49. The summed E-state index contributed by atoms with van der Waals surface area (Å²) in [5.74, 6) is -0.317. The Bertz CT molecular complexity index is 776. The predicted octanol–water partition coefficient (Wildman–Crippen LogP) is 3.65. The third-order valence-electron chi connectivity index (χ3n) is 4.46. The maximum atomic E-state index is 12.2. The molecular weight excluding hydrogens is 336 g/mol. The minimum absolute atomic E-state index is 0.0545. The van der Waals surface area contributed by atoms with Crippen LogP contribution >= 0.6 is 11.6 Å². The highest BCUT2D eigenvalue weighted by atomic mass is 35.5. The Labute approximate surface area is 152 Å². The summed E-state index contributed by atoms with van der Waals surface area (Å²) in [5, 5.41) is 6.23. The van der Waals surface area contributed by atoms with Gasteiger partial charge in [-0.3, -0.25) is 9.59 Å². The molecule has 4 nitrogen and oxygen atoms in total. The quantitative estimate of drug-likeness (QED) is 0.859. The standard InChI is InChI=1S/C20H21ClN2O2/c21-17-10-4-3-9-16(17)20(25)22-13-12-19(24)23-18-11-5-7-14-6-1-2-8-15(14)18/h1-4,6,8-10,18H,5,7,11-13H2,(H,22,25)(H,23,24). The second-order valence-electron chi connectivity index (χ2n) is 6.20. The maximum Gasteiger partial charge on any atom is 0.252 e. The molecule has 0 radical (unpaired) electrons. The van der Waals surface area contributed by atoms with E-state index in [0.29, 0.717) is 10.6 Å². The van der Waals surface area contributed by atoms with E-state index in [1.807, 2.05) is 12.1 Å². The van der Waals surface area contributed by atoms with Gasteiger partial charge in [-0.2, -0.15) is 0 Å². The van der Waals surface area contributed by atoms with Gasteiger partial charge in [-0.15, -0.1) is 0 Å². The fourth-order valence-electron chi connectivity index (χ4n) is 3.20. The van der Waals surface area contributed by atoms with Gasteiger partial charge in [0.2, 0.25) is 5.91 Å². The molecule has 2 aromatic rings. The van der Waals surface area contributed by atoms with Crippen LogP contribution in [0.5, 0.6) is 0 Å². The van der Waals surface area contributed by atoms with Gasteiger partial charge in [-0.25, -0.2) is 0 Å². The lowest BCUT2D eigenvalue weighted by atomic mass is 9.88. The summed E-state index contributed by atoms with van der Waals surface area (Å²) >= 11 is 6.00. The van der Waals surface area contributed by atoms with Crippen LogP contribution in [0.4, 0.5) is 0 Å². The first-order valence-corrected chi connectivity index (χ1v) is 8.93. The van der Waals surface area contributed by atoms with Gasteiger partial charge in [0.15, 0.2) is 0 Å². The van der Waals surface area contributed by atoms with Gasteiger partial charge in [0.25, 0.3) is 5.91 Å². The van der Waals surface area contributed by atoms with Gasteiger partial charge in [0.1, 0.15) is 0 Å². The second kappa shape index (κ2) is 8.17. The van der Waals surface area contributed by atoms with Crippen molar-refractivity contribution in [2.45, 2.75) is 31.7 Å². The first-order chi connectivity index (χ1) is 12.1. The van der Waals surface area contributed by atoms with Crippen LogP contribution < -0.4 is 10.6 Å². The van der Waals surface area contributed by atoms with Crippen LogP contribution in [0.3, 0.4) is 0 Å². The number of amides is 2. The molecule has 3 rings (SSSR count). The highest BCUT2D eigenvalue weighted by molar-refractivity contribution is 6.33. The first-order valence-electron chi connectivity index (χ1n) is 8.55. The monoisotopic (exact) mass is 356 g/mol. The summed E-state index contributed by atoms with van der Waals surface area (Å²) in [5.41, 5.74) is 2.94. The average Bonchev–Trinajstić information content (AvgIpc) is 2.62. The van der Waals surface area contributed by atoms with E-state index in [2.05, 4.69) is 22.8 Å². The summed E-state index contributed by atoms with van der Waals surface area (Å²) in [6.07, 6.45) is 3.34. The third-order valence-corrected chi connectivity index (χ3v) is 4.79. The summed E-state index contributed by atoms with van der Waals surface area (Å²) < 4.78 is 0. The number of carbonyl (C=O) groups is 2. The van der Waals surface area contributed by atoms with Gasteiger partial charge in [0, 0.05) is 13.0 Å². The van der Waals surface area contributed by atoms with Crippen molar-refractivity contribution in [3.63, 3.8) is 0 Å². The van der Waals surface area contributed by atoms with Crippen molar-refractivity contribution >= 4 is 23.4 Å². The lowest BCUT2D eigenvalue weighted by Gasteiger charge is -2.26. The van der Waals surface area contributed by atoms with E-state index in [-0.39, 0.29) is 30.8 Å². The van der Waals surface area contributed by atoms with Crippen molar-refractivity contribution in [1.29, 1.82) is 0 Å². The van der Waals surface area contributed by atoms with Gasteiger partial charge >= 0.3 is 0 Å². The molecule has 25 heavy (non-hydrogen) atoms. The second-order valence-corrected chi connectivity index (χ2v) is 6.60. The Morgan fingerprint density at radius 2 is 1.84 bits per heavy atom. The molecule has 1 aliphatic rings. The molecule has 130 valence electrons. The average molecular weight is 357 g/mol. The van der Waals surface area contributed by atoms with Crippen molar-refractivity contribution in [3.05, 3.63) is 70.2 Å². The summed E-state index contributed by atoms with van der Waals surface area (Å²) in [6, 6.07) is 15.2. The molecule has 2 amide bonds. The third kappa shape index (κ3) is 4.40. The molecule has 0 aromatic heterocycles. The molecule has 1 unspecified atom stereocenters. The fourth-order valence-corrected chi connectivity index (χ4v) is 3.42. The van der Waals surface area contributed by atoms with Crippen LogP contribution in [-0.4, -0.2) is 18.4 Å². The maximum absolute atomic E-state index is 12.2. The van der Waals surface area contributed by atoms with E-state index in [4.69, 9.17) is 11.6 Å². The Morgan fingerprint density at radius 3 is 2.68 bits per heavy atom. The Hall–Kier alpha value is -2.33. The minimum atomic E-state index is -0.263. The smallest absolute Gasteiger partial charge is 0.252 e. The number of fused-ring (bicyclic) bond motifs is 1. The normalized spacial score (nSPS) is 16.0. The summed E-state index contributed by atoms with van der Waals surface area (Å²) in [4.78, 5) is 24.3. The number of aryl methyl sites for hydroxylation is 1. The molecule has 1 atom stereocenters. The zero-order chi connectivity index (χ0) is 17.6. The number of carbonyl (C=O) groups excluding carboxylic acids is 2. The van der Waals surface area contributed by atoms with Crippen LogP contribution in [0.2, 0.25) is 5.02 Å². The molecule has 2 aromatic carbocycles. The number of hydrogen-bond donors (Lipinski definition) is 2. The molecular formula is C20H21ClN2O2. The van der Waals surface area contributed by atoms with Gasteiger partial charge in [-0.1, -0.05) is 48.0 Å². The number of hydrogen-bond acceptors (Lipinski definition) is 2. The van der Waals surface area contributed by atoms with Crippen molar-refractivity contribution in [2.75, 3.05) is 6.54 Å². The van der Waals surface area contributed by atoms with E-state index >= 15 is 0 Å². The van der Waals surface area contributed by atoms with Crippen molar-refractivity contribution < 1.29 is 9.59 Å². The van der Waals surface area contributed by atoms with Gasteiger partial charge in [-0.05, 0) is 42.5 Å². The minimum Gasteiger partial charge on any atom is -0.351 e. The molecule has 0 saturated carbocycles. The van der Waals surface area contributed by atoms with Crippen LogP contribution in [-0.2, 0) is 11.2 Å². The summed E-state index contributed by atoms with van der Waals surface area (Å²) in [6.45, 7) is 0.282. The highest BCUT2D eigenvalue weighted by Crippen LogP contribution is 2.29. The number of benzene rings is 2. The Morgan fingerprint density at radius 1 is 1.08 bits per heavy atom. The summed E-state index contributed by atoms with van der Waals surface area (Å²) in [7, 11) is 0. The van der Waals surface area contributed by atoms with E-state index in [9.17, 15) is 9.59 Å². The van der Waals surface area contributed by atoms with E-state index < -0.39 is 0 Å². The van der Waals surface area contributed by atoms with Crippen molar-refractivity contribution in [2.24, 2.45) is 0 Å². The van der Waals surface area contributed by atoms with Gasteiger partial charge in [0.05, 0.1) is 16.6 Å². The molecule has 0 fully saturated rings. The molecule has 0 spiro atoms. The molecule has 0 bridgehead atoms. The van der Waals surface area contributed by atoms with E-state index in [0.717, 1.165) is 19.3 Å². The largest absolute Gasteiger partial charge is 0.351 e. The predicted molar refractivity (Wildman–Crippen MR) is 98.7 cm³/mol. The molecule has 0 aliphatic heterocycles. The number of nitrogens with one attached hydrogen (secondary N) is 2. The van der Waals surface area contributed by atoms with Gasteiger partial charge < -0.3 is 10.6 Å². The van der Waals surface area contributed by atoms with Crippen LogP contribution in [0.25, 0.3) is 0 Å². The molecule has 2 N–H and O–H groups in total. The van der Waals surface area contributed by atoms with Crippen LogP contribution in [0, 0.1) is 0 Å². The highest BCUT2D eigenvalue weighted by Gasteiger charge is 2.21. The van der Waals surface area contributed by atoms with Crippen LogP contribution in [0.1, 0.15) is 46.8 Å². The molecule has 0 saturated heterocycles. The van der Waals surface area contributed by atoms with Crippen molar-refractivity contribution in [3.8, 4) is 0 Å². The SMILES string of the molecule is O=C(CCNC(=O)c1ccccc1Cl)NC1CCCc2ccccc21. The zero-order valence-corrected chi connectivity index (χ0v) is 14.7. The Kier molecular flexibility index (Phi) is 5.71. The molecule has 5 heteroatoms. The number of rotatable bonds is 5. The van der Waals surface area contributed by atoms with Crippen molar-refractivity contribution in [1.82, 2.24) is 10.6 Å². The molecule has 0 heterocycles. The number of halogens is 1. The van der Waals surface area contributed by atoms with E-state index in [1.54, 1.807) is 24.3 Å². The lowest BCUT2D eigenvalue weighted by molar-refractivity contribution is -0.121. The molecule has 1 aliphatic carbocycles. The zero-order valence-electron chi connectivity index (χ0n) is 13.9. The lowest BCUT2D eigenvalue weighted by Crippen LogP contribution is -2.34. The van der Waals surface area contributed by atoms with E-state index in [1.165, 1.54) is 11.1 Å².